The molecule has 0 spiro atoms. The summed E-state index contributed by atoms with van der Waals surface area (Å²) in [6, 6.07) is 7.28. The Kier molecular flexibility index (Phi) is 6.12. The predicted molar refractivity (Wildman–Crippen MR) is 97.6 cm³/mol. The number of nitrogens with one attached hydrogen (secondary N) is 1. The van der Waals surface area contributed by atoms with Crippen LogP contribution in [0.15, 0.2) is 29.4 Å². The van der Waals surface area contributed by atoms with Crippen molar-refractivity contribution in [3.05, 3.63) is 41.2 Å². The molecule has 1 aromatic carbocycles. The third-order valence-electron chi connectivity index (χ3n) is 3.57. The van der Waals surface area contributed by atoms with Crippen LogP contribution < -0.4 is 14.8 Å². The first-order valence-electron chi connectivity index (χ1n) is 8.25. The van der Waals surface area contributed by atoms with Gasteiger partial charge in [0.2, 0.25) is 6.79 Å². The number of benzene rings is 1. The number of ether oxygens (including phenoxy) is 3. The number of rotatable bonds is 7. The fourth-order valence-corrected chi connectivity index (χ4v) is 3.12. The molecule has 1 amide bonds. The Bertz CT molecular complexity index is 839. The molecule has 27 heavy (non-hydrogen) atoms. The molecule has 0 saturated carbocycles. The Hall–Kier alpha value is -2.81. The van der Waals surface area contributed by atoms with Crippen molar-refractivity contribution in [1.29, 1.82) is 0 Å². The van der Waals surface area contributed by atoms with Crippen LogP contribution in [0.2, 0.25) is 0 Å². The quantitative estimate of drug-likeness (QED) is 0.435. The zero-order valence-electron chi connectivity index (χ0n) is 15.0. The number of carbonyl (C=O) groups is 2. The fourth-order valence-electron chi connectivity index (χ4n) is 2.37. The van der Waals surface area contributed by atoms with Crippen molar-refractivity contribution in [2.75, 3.05) is 19.2 Å². The van der Waals surface area contributed by atoms with E-state index < -0.39 is 5.97 Å². The summed E-state index contributed by atoms with van der Waals surface area (Å²) in [5, 5.41) is 3.20. The first-order chi connectivity index (χ1) is 13.0. The minimum Gasteiger partial charge on any atom is -0.455 e. The van der Waals surface area contributed by atoms with Gasteiger partial charge in [0.15, 0.2) is 23.3 Å². The summed E-state index contributed by atoms with van der Waals surface area (Å²) in [7, 11) is 0. The van der Waals surface area contributed by atoms with E-state index in [1.165, 1.54) is 11.8 Å². The number of aryl methyl sites for hydroxylation is 2. The molecule has 2 heterocycles. The van der Waals surface area contributed by atoms with Gasteiger partial charge in [-0.1, -0.05) is 17.8 Å². The van der Waals surface area contributed by atoms with E-state index in [1.54, 1.807) is 12.1 Å². The summed E-state index contributed by atoms with van der Waals surface area (Å²) < 4.78 is 15.5. The Balaban J connectivity index is 1.37. The number of fused-ring (bicyclic) bond motifs is 1. The molecule has 0 bridgehead atoms. The van der Waals surface area contributed by atoms with Crippen LogP contribution in [-0.2, 0) is 20.9 Å². The van der Waals surface area contributed by atoms with Crippen molar-refractivity contribution in [3.63, 3.8) is 0 Å². The molecule has 1 N–H and O–H groups in total. The maximum Gasteiger partial charge on any atom is 0.316 e. The van der Waals surface area contributed by atoms with Gasteiger partial charge in [0.25, 0.3) is 5.91 Å². The van der Waals surface area contributed by atoms with Gasteiger partial charge < -0.3 is 19.5 Å². The van der Waals surface area contributed by atoms with Crippen molar-refractivity contribution < 1.29 is 23.8 Å². The van der Waals surface area contributed by atoms with E-state index >= 15 is 0 Å². The van der Waals surface area contributed by atoms with Gasteiger partial charge in [-0.15, -0.1) is 0 Å². The van der Waals surface area contributed by atoms with E-state index in [9.17, 15) is 9.59 Å². The molecule has 8 nitrogen and oxygen atoms in total. The highest BCUT2D eigenvalue weighted by molar-refractivity contribution is 7.99. The SMILES string of the molecule is Cc1cc(C)nc(SCC(=O)OCC(=O)NCc2ccc3c(c2)OCO3)n1. The lowest BCUT2D eigenvalue weighted by Crippen LogP contribution is -2.28. The van der Waals surface area contributed by atoms with Gasteiger partial charge in [-0.2, -0.15) is 0 Å². The molecule has 9 heteroatoms. The number of thioether (sulfide) groups is 1. The lowest BCUT2D eigenvalue weighted by atomic mass is 10.2. The zero-order valence-corrected chi connectivity index (χ0v) is 15.8. The van der Waals surface area contributed by atoms with Crippen LogP contribution >= 0.6 is 11.8 Å². The highest BCUT2D eigenvalue weighted by Crippen LogP contribution is 2.32. The summed E-state index contributed by atoms with van der Waals surface area (Å²) in [5.41, 5.74) is 2.53. The second-order valence-corrected chi connectivity index (χ2v) is 6.79. The number of esters is 1. The highest BCUT2D eigenvalue weighted by atomic mass is 32.2. The molecule has 2 aromatic rings. The fraction of sp³-hybridized carbons (Fsp3) is 0.333. The number of hydrogen-bond acceptors (Lipinski definition) is 8. The molecule has 0 unspecified atom stereocenters. The topological polar surface area (TPSA) is 99.6 Å². The molecule has 1 aliphatic rings. The van der Waals surface area contributed by atoms with Gasteiger partial charge in [0.1, 0.15) is 0 Å². The number of hydrogen-bond donors (Lipinski definition) is 1. The number of carbonyl (C=O) groups excluding carboxylic acids is 2. The van der Waals surface area contributed by atoms with Gasteiger partial charge >= 0.3 is 5.97 Å². The maximum absolute atomic E-state index is 11.8. The number of nitrogens with zero attached hydrogens (tertiary/aromatic N) is 2. The van der Waals surface area contributed by atoms with E-state index in [0.29, 0.717) is 23.2 Å². The van der Waals surface area contributed by atoms with E-state index in [1.807, 2.05) is 26.0 Å². The Morgan fingerprint density at radius 3 is 2.67 bits per heavy atom. The second-order valence-electron chi connectivity index (χ2n) is 5.85. The largest absolute Gasteiger partial charge is 0.455 e. The average Bonchev–Trinajstić information content (AvgIpc) is 3.10. The van der Waals surface area contributed by atoms with Gasteiger partial charge in [-0.25, -0.2) is 9.97 Å². The van der Waals surface area contributed by atoms with Crippen LogP contribution in [0.4, 0.5) is 0 Å². The second kappa shape index (κ2) is 8.72. The van der Waals surface area contributed by atoms with Crippen molar-refractivity contribution in [1.82, 2.24) is 15.3 Å². The molecule has 0 aliphatic carbocycles. The van der Waals surface area contributed by atoms with Gasteiger partial charge in [0, 0.05) is 17.9 Å². The molecular formula is C18H19N3O5S. The lowest BCUT2D eigenvalue weighted by molar-refractivity contribution is -0.145. The summed E-state index contributed by atoms with van der Waals surface area (Å²) >= 11 is 1.18. The Morgan fingerprint density at radius 2 is 1.89 bits per heavy atom. The molecule has 1 aromatic heterocycles. The maximum atomic E-state index is 11.8. The summed E-state index contributed by atoms with van der Waals surface area (Å²) in [5.74, 6) is 0.496. The van der Waals surface area contributed by atoms with Crippen LogP contribution in [0.5, 0.6) is 11.5 Å². The molecule has 142 valence electrons. The van der Waals surface area contributed by atoms with Crippen LogP contribution in [0.3, 0.4) is 0 Å². The van der Waals surface area contributed by atoms with E-state index in [0.717, 1.165) is 17.0 Å². The van der Waals surface area contributed by atoms with Crippen molar-refractivity contribution >= 4 is 23.6 Å². The third-order valence-corrected chi connectivity index (χ3v) is 4.39. The van der Waals surface area contributed by atoms with E-state index in [4.69, 9.17) is 14.2 Å². The summed E-state index contributed by atoms with van der Waals surface area (Å²) in [6.45, 7) is 3.89. The minimum atomic E-state index is -0.499. The molecule has 3 rings (SSSR count). The molecule has 0 radical (unpaired) electrons. The number of amides is 1. The van der Waals surface area contributed by atoms with Crippen LogP contribution in [-0.4, -0.2) is 41.0 Å². The molecule has 0 saturated heterocycles. The van der Waals surface area contributed by atoms with Gasteiger partial charge in [-0.05, 0) is 37.6 Å². The summed E-state index contributed by atoms with van der Waals surface area (Å²) in [4.78, 5) is 32.1. The third kappa shape index (κ3) is 5.58. The first kappa shape index (κ1) is 19.0. The molecule has 0 atom stereocenters. The van der Waals surface area contributed by atoms with Crippen LogP contribution in [0.25, 0.3) is 0 Å². The normalized spacial score (nSPS) is 11.9. The Morgan fingerprint density at radius 1 is 1.15 bits per heavy atom. The van der Waals surface area contributed by atoms with Crippen LogP contribution in [0, 0.1) is 13.8 Å². The average molecular weight is 389 g/mol. The first-order valence-corrected chi connectivity index (χ1v) is 9.24. The highest BCUT2D eigenvalue weighted by Gasteiger charge is 2.14. The minimum absolute atomic E-state index is 0.0400. The monoisotopic (exact) mass is 389 g/mol. The van der Waals surface area contributed by atoms with Crippen molar-refractivity contribution in [2.24, 2.45) is 0 Å². The summed E-state index contributed by atoms with van der Waals surface area (Å²) in [6.07, 6.45) is 0. The van der Waals surface area contributed by atoms with E-state index in [-0.39, 0.29) is 25.1 Å². The van der Waals surface area contributed by atoms with Gasteiger partial charge in [0.05, 0.1) is 5.75 Å². The molecule has 0 fully saturated rings. The molecular weight excluding hydrogens is 370 g/mol. The van der Waals surface area contributed by atoms with Crippen LogP contribution in [0.1, 0.15) is 17.0 Å². The van der Waals surface area contributed by atoms with Crippen molar-refractivity contribution in [3.8, 4) is 11.5 Å². The standard InChI is InChI=1S/C18H19N3O5S/c1-11-5-12(2)21-18(20-11)27-9-17(23)24-8-16(22)19-7-13-3-4-14-15(6-13)26-10-25-14/h3-6H,7-10H2,1-2H3,(H,19,22). The molecule has 1 aliphatic heterocycles. The number of aromatic nitrogens is 2. The van der Waals surface area contributed by atoms with Crippen molar-refractivity contribution in [2.45, 2.75) is 25.5 Å². The predicted octanol–water partition coefficient (Wildman–Crippen LogP) is 1.77. The lowest BCUT2D eigenvalue weighted by Gasteiger charge is -2.07. The smallest absolute Gasteiger partial charge is 0.316 e. The zero-order chi connectivity index (χ0) is 19.2. The Labute approximate surface area is 160 Å². The van der Waals surface area contributed by atoms with E-state index in [2.05, 4.69) is 15.3 Å². The van der Waals surface area contributed by atoms with Gasteiger partial charge in [-0.3, -0.25) is 9.59 Å².